The first-order chi connectivity index (χ1) is 7.36. The van der Waals surface area contributed by atoms with Crippen molar-refractivity contribution < 1.29 is 9.26 Å². The fourth-order valence-corrected chi connectivity index (χ4v) is 1.97. The van der Waals surface area contributed by atoms with E-state index in [1.165, 1.54) is 12.8 Å². The van der Waals surface area contributed by atoms with E-state index in [0.717, 1.165) is 24.7 Å². The Hall–Kier alpha value is -0.650. The molecule has 1 aliphatic heterocycles. The first-order valence-electron chi connectivity index (χ1n) is 5.46. The summed E-state index contributed by atoms with van der Waals surface area (Å²) >= 11 is 0. The summed E-state index contributed by atoms with van der Waals surface area (Å²) < 4.78 is 10.5. The normalized spacial score (nSPS) is 29.1. The molecule has 0 unspecified atom stereocenters. The maximum absolute atomic E-state index is 5.28. The van der Waals surface area contributed by atoms with Gasteiger partial charge < -0.3 is 14.6 Å². The first kappa shape index (κ1) is 11.8. The van der Waals surface area contributed by atoms with Crippen molar-refractivity contribution in [2.24, 2.45) is 0 Å². The van der Waals surface area contributed by atoms with Crippen LogP contribution in [0, 0.1) is 0 Å². The van der Waals surface area contributed by atoms with Crippen molar-refractivity contribution in [1.82, 2.24) is 15.5 Å². The maximum atomic E-state index is 5.28. The van der Waals surface area contributed by atoms with Crippen LogP contribution in [0.25, 0.3) is 0 Å². The van der Waals surface area contributed by atoms with Crippen LogP contribution in [0.1, 0.15) is 42.9 Å². The van der Waals surface area contributed by atoms with Gasteiger partial charge in [-0.3, -0.25) is 0 Å². The predicted molar refractivity (Wildman–Crippen MR) is 59.7 cm³/mol. The molecule has 0 bridgehead atoms. The highest BCUT2D eigenvalue weighted by Gasteiger charge is 2.33. The first-order valence-corrected chi connectivity index (χ1v) is 5.46. The lowest BCUT2D eigenvalue weighted by Gasteiger charge is -2.04. The molecule has 6 heteroatoms. The van der Waals surface area contributed by atoms with Gasteiger partial charge >= 0.3 is 0 Å². The van der Waals surface area contributed by atoms with Gasteiger partial charge in [-0.25, -0.2) is 0 Å². The highest BCUT2D eigenvalue weighted by molar-refractivity contribution is 5.85. The molecule has 1 N–H and O–H groups in total. The van der Waals surface area contributed by atoms with Crippen molar-refractivity contribution in [1.29, 1.82) is 0 Å². The molecule has 2 atom stereocenters. The molecular weight excluding hydrogens is 230 g/mol. The third kappa shape index (κ3) is 2.21. The Bertz CT molecular complexity index is 354. The lowest BCUT2D eigenvalue weighted by Crippen LogP contribution is -2.16. The molecule has 1 saturated carbocycles. The summed E-state index contributed by atoms with van der Waals surface area (Å²) in [7, 11) is 1.73. The third-order valence-electron chi connectivity index (χ3n) is 3.12. The van der Waals surface area contributed by atoms with Crippen LogP contribution in [0.15, 0.2) is 4.52 Å². The van der Waals surface area contributed by atoms with Crippen LogP contribution >= 0.6 is 12.4 Å². The molecule has 0 aromatic carbocycles. The van der Waals surface area contributed by atoms with Crippen LogP contribution in [0.2, 0.25) is 0 Å². The van der Waals surface area contributed by atoms with Gasteiger partial charge in [-0.05, 0) is 19.3 Å². The van der Waals surface area contributed by atoms with Gasteiger partial charge in [-0.2, -0.15) is 4.98 Å². The number of hydrogen-bond donors (Lipinski definition) is 1. The van der Waals surface area contributed by atoms with Gasteiger partial charge in [0.1, 0.15) is 0 Å². The molecule has 90 valence electrons. The Morgan fingerprint density at radius 1 is 1.44 bits per heavy atom. The van der Waals surface area contributed by atoms with Crippen molar-refractivity contribution >= 4 is 12.4 Å². The minimum absolute atomic E-state index is 0. The van der Waals surface area contributed by atoms with Crippen molar-refractivity contribution in [2.45, 2.75) is 37.3 Å². The molecule has 0 spiro atoms. The third-order valence-corrected chi connectivity index (χ3v) is 3.12. The number of nitrogens with zero attached hydrogens (tertiary/aromatic N) is 2. The summed E-state index contributed by atoms with van der Waals surface area (Å²) in [4.78, 5) is 4.43. The lowest BCUT2D eigenvalue weighted by atomic mass is 10.2. The van der Waals surface area contributed by atoms with Gasteiger partial charge in [0.2, 0.25) is 5.89 Å². The van der Waals surface area contributed by atoms with Crippen LogP contribution < -0.4 is 5.32 Å². The SMILES string of the molecule is CO[C@H]1CN[C@H](c2nc(C3CC3)no2)C1.Cl. The van der Waals surface area contributed by atoms with Crippen LogP contribution in [-0.4, -0.2) is 29.9 Å². The van der Waals surface area contributed by atoms with Crippen LogP contribution in [0.4, 0.5) is 0 Å². The maximum Gasteiger partial charge on any atom is 0.243 e. The second-order valence-corrected chi connectivity index (χ2v) is 4.32. The average molecular weight is 246 g/mol. The van der Waals surface area contributed by atoms with E-state index in [0.29, 0.717) is 5.92 Å². The molecule has 1 saturated heterocycles. The number of hydrogen-bond acceptors (Lipinski definition) is 5. The summed E-state index contributed by atoms with van der Waals surface area (Å²) in [6, 6.07) is 0.176. The number of aromatic nitrogens is 2. The van der Waals surface area contributed by atoms with E-state index in [1.807, 2.05) is 0 Å². The molecule has 2 fully saturated rings. The summed E-state index contributed by atoms with van der Waals surface area (Å²) in [5, 5.41) is 7.33. The van der Waals surface area contributed by atoms with Crippen molar-refractivity contribution in [3.8, 4) is 0 Å². The molecule has 1 aromatic heterocycles. The molecule has 5 nitrogen and oxygen atoms in total. The van der Waals surface area contributed by atoms with E-state index in [2.05, 4.69) is 15.5 Å². The Kier molecular flexibility index (Phi) is 3.47. The van der Waals surface area contributed by atoms with Crippen molar-refractivity contribution in [3.63, 3.8) is 0 Å². The van der Waals surface area contributed by atoms with E-state index >= 15 is 0 Å². The Balaban J connectivity index is 0.000000963. The van der Waals surface area contributed by atoms with Gasteiger partial charge in [0.15, 0.2) is 5.82 Å². The monoisotopic (exact) mass is 245 g/mol. The number of methoxy groups -OCH3 is 1. The fraction of sp³-hybridized carbons (Fsp3) is 0.800. The number of ether oxygens (including phenoxy) is 1. The van der Waals surface area contributed by atoms with Crippen LogP contribution in [-0.2, 0) is 4.74 Å². The summed E-state index contributed by atoms with van der Waals surface area (Å²) in [5.41, 5.74) is 0. The quantitative estimate of drug-likeness (QED) is 0.873. The molecule has 1 aromatic rings. The zero-order valence-electron chi connectivity index (χ0n) is 9.18. The van der Waals surface area contributed by atoms with E-state index in [9.17, 15) is 0 Å². The highest BCUT2D eigenvalue weighted by Crippen LogP contribution is 2.38. The Labute approximate surface area is 100 Å². The molecule has 2 heterocycles. The largest absolute Gasteiger partial charge is 0.380 e. The number of nitrogens with one attached hydrogen (secondary N) is 1. The highest BCUT2D eigenvalue weighted by atomic mass is 35.5. The molecule has 3 rings (SSSR count). The minimum Gasteiger partial charge on any atom is -0.380 e. The molecular formula is C10H16ClN3O2. The fourth-order valence-electron chi connectivity index (χ4n) is 1.97. The molecule has 1 aliphatic carbocycles. The second-order valence-electron chi connectivity index (χ2n) is 4.32. The predicted octanol–water partition coefficient (Wildman–Crippen LogP) is 1.42. The molecule has 16 heavy (non-hydrogen) atoms. The summed E-state index contributed by atoms with van der Waals surface area (Å²) in [6.45, 7) is 0.863. The van der Waals surface area contributed by atoms with E-state index < -0.39 is 0 Å². The van der Waals surface area contributed by atoms with Gasteiger partial charge in [0.05, 0.1) is 12.1 Å². The van der Waals surface area contributed by atoms with Gasteiger partial charge in [0.25, 0.3) is 0 Å². The van der Waals surface area contributed by atoms with Gasteiger partial charge in [0, 0.05) is 19.6 Å². The van der Waals surface area contributed by atoms with Crippen LogP contribution in [0.5, 0.6) is 0 Å². The standard InChI is InChI=1S/C10H15N3O2.ClH/c1-14-7-4-8(11-5-7)10-12-9(13-15-10)6-2-3-6;/h6-8,11H,2-5H2,1H3;1H/t7-,8+;/m1./s1. The number of halogens is 1. The Morgan fingerprint density at radius 2 is 2.25 bits per heavy atom. The smallest absolute Gasteiger partial charge is 0.243 e. The topological polar surface area (TPSA) is 60.2 Å². The summed E-state index contributed by atoms with van der Waals surface area (Å²) in [6.07, 6.45) is 3.60. The Morgan fingerprint density at radius 3 is 2.88 bits per heavy atom. The zero-order valence-corrected chi connectivity index (χ0v) is 10.00. The van der Waals surface area contributed by atoms with Gasteiger partial charge in [-0.15, -0.1) is 12.4 Å². The van der Waals surface area contributed by atoms with E-state index in [-0.39, 0.29) is 24.6 Å². The van der Waals surface area contributed by atoms with Crippen molar-refractivity contribution in [3.05, 3.63) is 11.7 Å². The summed E-state index contributed by atoms with van der Waals surface area (Å²) in [5.74, 6) is 2.16. The van der Waals surface area contributed by atoms with E-state index in [1.54, 1.807) is 7.11 Å². The second kappa shape index (κ2) is 4.69. The molecule has 2 aliphatic rings. The minimum atomic E-state index is 0. The average Bonchev–Trinajstić information content (AvgIpc) is 2.84. The van der Waals surface area contributed by atoms with Crippen molar-refractivity contribution in [2.75, 3.05) is 13.7 Å². The lowest BCUT2D eigenvalue weighted by molar-refractivity contribution is 0.116. The van der Waals surface area contributed by atoms with E-state index in [4.69, 9.17) is 9.26 Å². The zero-order chi connectivity index (χ0) is 10.3. The van der Waals surface area contributed by atoms with Gasteiger partial charge in [-0.1, -0.05) is 5.16 Å². The molecule has 0 amide bonds. The number of rotatable bonds is 3. The molecule has 0 radical (unpaired) electrons. The van der Waals surface area contributed by atoms with Crippen LogP contribution in [0.3, 0.4) is 0 Å².